The van der Waals surface area contributed by atoms with Crippen molar-refractivity contribution in [1.29, 1.82) is 0 Å². The second kappa shape index (κ2) is 5.43. The van der Waals surface area contributed by atoms with Crippen LogP contribution in [0.5, 0.6) is 0 Å². The summed E-state index contributed by atoms with van der Waals surface area (Å²) in [4.78, 5) is 16.7. The van der Waals surface area contributed by atoms with Gasteiger partial charge in [0.2, 0.25) is 0 Å². The van der Waals surface area contributed by atoms with E-state index in [1.165, 1.54) is 5.56 Å². The minimum Gasteiger partial charge on any atom is -0.300 e. The molecule has 102 valence electrons. The number of fused-ring (bicyclic) bond motifs is 1. The van der Waals surface area contributed by atoms with Crippen molar-refractivity contribution in [2.75, 3.05) is 19.6 Å². The van der Waals surface area contributed by atoms with Gasteiger partial charge in [-0.2, -0.15) is 0 Å². The molecule has 3 heteroatoms. The Hall–Kier alpha value is -1.19. The van der Waals surface area contributed by atoms with Crippen LogP contribution in [0.2, 0.25) is 0 Å². The van der Waals surface area contributed by atoms with Gasteiger partial charge in [-0.3, -0.25) is 14.6 Å². The molecule has 0 radical (unpaired) electrons. The Morgan fingerprint density at radius 1 is 1.21 bits per heavy atom. The fraction of sp³-hybridized carbons (Fsp3) is 0.562. The lowest BCUT2D eigenvalue weighted by Gasteiger charge is -2.47. The van der Waals surface area contributed by atoms with Crippen molar-refractivity contribution in [1.82, 2.24) is 9.80 Å². The second-order valence-corrected chi connectivity index (χ2v) is 5.91. The Bertz CT molecular complexity index is 445. The third-order valence-electron chi connectivity index (χ3n) is 4.39. The lowest BCUT2D eigenvalue weighted by Crippen LogP contribution is -2.60. The van der Waals surface area contributed by atoms with Gasteiger partial charge in [0.15, 0.2) is 0 Å². The summed E-state index contributed by atoms with van der Waals surface area (Å²) in [6.07, 6.45) is 1.50. The molecule has 2 saturated heterocycles. The van der Waals surface area contributed by atoms with E-state index in [2.05, 4.69) is 47.1 Å². The molecule has 0 bridgehead atoms. The molecule has 19 heavy (non-hydrogen) atoms. The number of piperazine rings is 1. The Balaban J connectivity index is 1.67. The molecule has 0 aliphatic carbocycles. The Morgan fingerprint density at radius 3 is 2.79 bits per heavy atom. The molecule has 0 saturated carbocycles. The lowest BCUT2D eigenvalue weighted by atomic mass is 9.95. The van der Waals surface area contributed by atoms with E-state index >= 15 is 0 Å². The number of carbonyl (C=O) groups is 1. The first-order valence-electron chi connectivity index (χ1n) is 7.26. The summed E-state index contributed by atoms with van der Waals surface area (Å²) >= 11 is 0. The minimum atomic E-state index is 0.439. The van der Waals surface area contributed by atoms with E-state index in [9.17, 15) is 4.79 Å². The molecule has 0 amide bonds. The summed E-state index contributed by atoms with van der Waals surface area (Å²) < 4.78 is 0. The summed E-state index contributed by atoms with van der Waals surface area (Å²) in [5.41, 5.74) is 1.37. The molecule has 2 heterocycles. The number of piperidine rings is 1. The minimum absolute atomic E-state index is 0.439. The zero-order chi connectivity index (χ0) is 13.2. The van der Waals surface area contributed by atoms with Gasteiger partial charge in [-0.25, -0.2) is 0 Å². The smallest absolute Gasteiger partial charge is 0.135 e. The summed E-state index contributed by atoms with van der Waals surface area (Å²) in [6.45, 7) is 6.40. The maximum atomic E-state index is 11.6. The average Bonchev–Trinajstić information content (AvgIpc) is 2.39. The lowest BCUT2D eigenvalue weighted by molar-refractivity contribution is -0.125. The highest BCUT2D eigenvalue weighted by Crippen LogP contribution is 2.24. The Labute approximate surface area is 115 Å². The van der Waals surface area contributed by atoms with Gasteiger partial charge in [0.05, 0.1) is 0 Å². The van der Waals surface area contributed by atoms with Crippen LogP contribution in [-0.4, -0.2) is 47.3 Å². The van der Waals surface area contributed by atoms with Crippen LogP contribution in [0.15, 0.2) is 30.3 Å². The number of hydrogen-bond acceptors (Lipinski definition) is 3. The fourth-order valence-corrected chi connectivity index (χ4v) is 3.49. The fourth-order valence-electron chi connectivity index (χ4n) is 3.49. The van der Waals surface area contributed by atoms with E-state index in [0.29, 0.717) is 17.9 Å². The zero-order valence-corrected chi connectivity index (χ0v) is 11.6. The molecule has 1 aromatic rings. The van der Waals surface area contributed by atoms with E-state index < -0.39 is 0 Å². The number of nitrogens with zero attached hydrogens (tertiary/aromatic N) is 2. The molecule has 1 unspecified atom stereocenters. The van der Waals surface area contributed by atoms with Crippen LogP contribution < -0.4 is 0 Å². The van der Waals surface area contributed by atoms with Gasteiger partial charge in [-0.05, 0) is 12.5 Å². The van der Waals surface area contributed by atoms with E-state index in [-0.39, 0.29) is 0 Å². The Kier molecular flexibility index (Phi) is 3.67. The number of benzene rings is 1. The third kappa shape index (κ3) is 2.88. The van der Waals surface area contributed by atoms with Gasteiger partial charge >= 0.3 is 0 Å². The molecular formula is C16H22N2O. The maximum absolute atomic E-state index is 11.6. The normalized spacial score (nSPS) is 29.2. The number of hydrogen-bond donors (Lipinski definition) is 0. The first-order chi connectivity index (χ1) is 9.22. The predicted molar refractivity (Wildman–Crippen MR) is 75.9 cm³/mol. The van der Waals surface area contributed by atoms with Crippen LogP contribution in [0.25, 0.3) is 0 Å². The van der Waals surface area contributed by atoms with Crippen molar-refractivity contribution >= 4 is 5.78 Å². The van der Waals surface area contributed by atoms with Gasteiger partial charge < -0.3 is 0 Å². The number of carbonyl (C=O) groups excluding carboxylic acids is 1. The molecule has 2 aliphatic rings. The first kappa shape index (κ1) is 12.8. The van der Waals surface area contributed by atoms with Crippen molar-refractivity contribution in [2.24, 2.45) is 0 Å². The van der Waals surface area contributed by atoms with Crippen LogP contribution in [-0.2, 0) is 11.3 Å². The average molecular weight is 258 g/mol. The van der Waals surface area contributed by atoms with Crippen molar-refractivity contribution in [3.05, 3.63) is 35.9 Å². The quantitative estimate of drug-likeness (QED) is 0.810. The molecule has 3 nitrogen and oxygen atoms in total. The van der Waals surface area contributed by atoms with E-state index in [1.54, 1.807) is 0 Å². The van der Waals surface area contributed by atoms with Gasteiger partial charge in [-0.15, -0.1) is 0 Å². The van der Waals surface area contributed by atoms with Crippen LogP contribution in [0.4, 0.5) is 0 Å². The van der Waals surface area contributed by atoms with E-state index in [4.69, 9.17) is 0 Å². The van der Waals surface area contributed by atoms with Crippen molar-refractivity contribution < 1.29 is 4.79 Å². The van der Waals surface area contributed by atoms with Crippen LogP contribution in [0, 0.1) is 0 Å². The maximum Gasteiger partial charge on any atom is 0.135 e. The van der Waals surface area contributed by atoms with Crippen LogP contribution in [0.3, 0.4) is 0 Å². The van der Waals surface area contributed by atoms with Crippen molar-refractivity contribution in [3.8, 4) is 0 Å². The molecule has 1 aromatic carbocycles. The molecule has 2 atom stereocenters. The highest BCUT2D eigenvalue weighted by Gasteiger charge is 2.35. The van der Waals surface area contributed by atoms with E-state index in [0.717, 1.165) is 39.0 Å². The van der Waals surface area contributed by atoms with Gasteiger partial charge in [0, 0.05) is 51.1 Å². The van der Waals surface area contributed by atoms with Gasteiger partial charge in [0.25, 0.3) is 0 Å². The predicted octanol–water partition coefficient (Wildman–Crippen LogP) is 1.92. The molecule has 0 N–H and O–H groups in total. The van der Waals surface area contributed by atoms with Crippen LogP contribution in [0.1, 0.15) is 25.3 Å². The van der Waals surface area contributed by atoms with E-state index in [1.807, 2.05) is 0 Å². The highest BCUT2D eigenvalue weighted by atomic mass is 16.1. The summed E-state index contributed by atoms with van der Waals surface area (Å²) in [5.74, 6) is 0.440. The summed E-state index contributed by atoms with van der Waals surface area (Å²) in [6, 6.07) is 11.6. The van der Waals surface area contributed by atoms with Gasteiger partial charge in [-0.1, -0.05) is 30.3 Å². The second-order valence-electron chi connectivity index (χ2n) is 5.91. The number of Topliss-reactive ketones (excluding diaryl/α,β-unsaturated/α-hetero) is 1. The van der Waals surface area contributed by atoms with Crippen molar-refractivity contribution in [2.45, 2.75) is 38.4 Å². The monoisotopic (exact) mass is 258 g/mol. The van der Waals surface area contributed by atoms with Crippen LogP contribution >= 0.6 is 0 Å². The SMILES string of the molecule is C[C@@H]1CN(Cc2ccccc2)CC2CC(=O)CCN21. The molecular weight excluding hydrogens is 236 g/mol. The first-order valence-corrected chi connectivity index (χ1v) is 7.26. The standard InChI is InChI=1S/C16H22N2O/c1-13-10-17(11-14-5-3-2-4-6-14)12-15-9-16(19)7-8-18(13)15/h2-6,13,15H,7-12H2,1H3/t13-,15?/m1/s1. The molecule has 0 aromatic heterocycles. The number of ketones is 1. The molecule has 2 aliphatic heterocycles. The largest absolute Gasteiger partial charge is 0.300 e. The summed E-state index contributed by atoms with van der Waals surface area (Å²) in [5, 5.41) is 0. The summed E-state index contributed by atoms with van der Waals surface area (Å²) in [7, 11) is 0. The molecule has 2 fully saturated rings. The topological polar surface area (TPSA) is 23.6 Å². The zero-order valence-electron chi connectivity index (χ0n) is 11.6. The Morgan fingerprint density at radius 2 is 2.00 bits per heavy atom. The molecule has 3 rings (SSSR count). The van der Waals surface area contributed by atoms with Gasteiger partial charge in [0.1, 0.15) is 5.78 Å². The number of rotatable bonds is 2. The molecule has 0 spiro atoms. The third-order valence-corrected chi connectivity index (χ3v) is 4.39. The highest BCUT2D eigenvalue weighted by molar-refractivity contribution is 5.80. The van der Waals surface area contributed by atoms with Crippen molar-refractivity contribution in [3.63, 3.8) is 0 Å².